The van der Waals surface area contributed by atoms with Crippen LogP contribution in [0.25, 0.3) is 44.5 Å². The van der Waals surface area contributed by atoms with Gasteiger partial charge in [-0.3, -0.25) is 0 Å². The van der Waals surface area contributed by atoms with Gasteiger partial charge in [0, 0.05) is 58.4 Å². The van der Waals surface area contributed by atoms with Crippen LogP contribution in [-0.2, 0) is 0 Å². The maximum absolute atomic E-state index is 4.99. The topological polar surface area (TPSA) is 64.5 Å². The number of hydrogen-bond donors (Lipinski definition) is 0. The lowest BCUT2D eigenvalue weighted by Gasteiger charge is -2.27. The Morgan fingerprint density at radius 2 is 0.567 bits per heavy atom. The van der Waals surface area contributed by atoms with Crippen LogP contribution in [0.15, 0.2) is 207 Å². The van der Waals surface area contributed by atoms with Crippen LogP contribution in [0.4, 0.5) is 46.0 Å². The lowest BCUT2D eigenvalue weighted by atomic mass is 9.95. The molecule has 0 unspecified atom stereocenters. The van der Waals surface area contributed by atoms with Crippen LogP contribution in [0.2, 0.25) is 0 Å². The van der Waals surface area contributed by atoms with E-state index in [4.69, 9.17) is 19.9 Å². The lowest BCUT2D eigenvalue weighted by Crippen LogP contribution is -2.27. The number of aromatic nitrogens is 4. The molecule has 0 N–H and O–H groups in total. The van der Waals surface area contributed by atoms with Gasteiger partial charge in [0.1, 0.15) is 13.3 Å². The summed E-state index contributed by atoms with van der Waals surface area (Å²) in [5.74, 6) is 3.20. The molecule has 0 fully saturated rings. The SMILES string of the molecule is c1ccc(-c2cccc(-c3ccccc3)c2N2CN(c3cccc(N4CN(c5c(-c6ccccc6)cccc5-c5ccccc5)c5nccnc54)c3)c3nccnc32)cc1. The molecule has 8 nitrogen and oxygen atoms in total. The van der Waals surface area contributed by atoms with Gasteiger partial charge in [0.2, 0.25) is 0 Å². The van der Waals surface area contributed by atoms with Crippen molar-refractivity contribution in [1.82, 2.24) is 19.9 Å². The van der Waals surface area contributed by atoms with E-state index in [1.807, 2.05) is 0 Å². The molecule has 286 valence electrons. The predicted molar refractivity (Wildman–Crippen MR) is 243 cm³/mol. The molecule has 2 aromatic heterocycles. The maximum Gasteiger partial charge on any atom is 0.178 e. The van der Waals surface area contributed by atoms with Crippen molar-refractivity contribution in [2.24, 2.45) is 0 Å². The summed E-state index contributed by atoms with van der Waals surface area (Å²) in [5.41, 5.74) is 13.2. The summed E-state index contributed by atoms with van der Waals surface area (Å²) in [7, 11) is 0. The fourth-order valence-electron chi connectivity index (χ4n) is 8.62. The minimum Gasteiger partial charge on any atom is -0.305 e. The third-order valence-corrected chi connectivity index (χ3v) is 11.3. The highest BCUT2D eigenvalue weighted by molar-refractivity contribution is 5.99. The molecule has 0 spiro atoms. The van der Waals surface area contributed by atoms with Crippen molar-refractivity contribution in [1.29, 1.82) is 0 Å². The molecule has 8 heteroatoms. The Morgan fingerprint density at radius 1 is 0.283 bits per heavy atom. The Labute approximate surface area is 349 Å². The number of para-hydroxylation sites is 2. The minimum absolute atomic E-state index is 0.514. The van der Waals surface area contributed by atoms with E-state index in [-0.39, 0.29) is 0 Å². The van der Waals surface area contributed by atoms with Crippen molar-refractivity contribution >= 4 is 46.0 Å². The van der Waals surface area contributed by atoms with Crippen molar-refractivity contribution in [3.8, 4) is 44.5 Å². The first kappa shape index (κ1) is 35.1. The van der Waals surface area contributed by atoms with Crippen molar-refractivity contribution in [2.75, 3.05) is 32.9 Å². The van der Waals surface area contributed by atoms with E-state index in [0.29, 0.717) is 13.3 Å². The Morgan fingerprint density at radius 3 is 0.883 bits per heavy atom. The highest BCUT2D eigenvalue weighted by atomic mass is 15.4. The molecule has 0 saturated heterocycles. The monoisotopic (exact) mass is 774 g/mol. The van der Waals surface area contributed by atoms with Gasteiger partial charge in [0.25, 0.3) is 0 Å². The van der Waals surface area contributed by atoms with Crippen molar-refractivity contribution < 1.29 is 0 Å². The molecule has 0 atom stereocenters. The largest absolute Gasteiger partial charge is 0.305 e. The molecule has 2 aliphatic rings. The van der Waals surface area contributed by atoms with Crippen molar-refractivity contribution in [3.63, 3.8) is 0 Å². The van der Waals surface area contributed by atoms with Gasteiger partial charge in [-0.05, 0) is 40.5 Å². The van der Waals surface area contributed by atoms with Crippen LogP contribution in [0, 0.1) is 0 Å². The van der Waals surface area contributed by atoms with E-state index in [2.05, 4.69) is 202 Å². The van der Waals surface area contributed by atoms with Crippen LogP contribution in [0.3, 0.4) is 0 Å². The molecule has 4 heterocycles. The van der Waals surface area contributed by atoms with Crippen LogP contribution in [-0.4, -0.2) is 33.3 Å². The maximum atomic E-state index is 4.99. The van der Waals surface area contributed by atoms with Crippen LogP contribution in [0.5, 0.6) is 0 Å². The highest BCUT2D eigenvalue weighted by Gasteiger charge is 2.36. The van der Waals surface area contributed by atoms with E-state index >= 15 is 0 Å². The average Bonchev–Trinajstić information content (AvgIpc) is 3.92. The van der Waals surface area contributed by atoms with Gasteiger partial charge in [-0.25, -0.2) is 19.9 Å². The summed E-state index contributed by atoms with van der Waals surface area (Å²) in [6, 6.07) is 64.1. The summed E-state index contributed by atoms with van der Waals surface area (Å²) in [6.07, 6.45) is 7.12. The molecule has 60 heavy (non-hydrogen) atoms. The summed E-state index contributed by atoms with van der Waals surface area (Å²) < 4.78 is 0. The van der Waals surface area contributed by atoms with Crippen LogP contribution < -0.4 is 19.6 Å². The highest BCUT2D eigenvalue weighted by Crippen LogP contribution is 2.51. The third kappa shape index (κ3) is 6.10. The zero-order valence-electron chi connectivity index (χ0n) is 32.6. The molecule has 0 bridgehead atoms. The smallest absolute Gasteiger partial charge is 0.178 e. The van der Waals surface area contributed by atoms with Crippen molar-refractivity contribution in [3.05, 3.63) is 207 Å². The second kappa shape index (κ2) is 15.0. The quantitative estimate of drug-likeness (QED) is 0.151. The predicted octanol–water partition coefficient (Wildman–Crippen LogP) is 12.4. The van der Waals surface area contributed by atoms with Crippen molar-refractivity contribution in [2.45, 2.75) is 0 Å². The van der Waals surface area contributed by atoms with E-state index in [0.717, 1.165) is 90.5 Å². The van der Waals surface area contributed by atoms with Gasteiger partial charge >= 0.3 is 0 Å². The number of rotatable bonds is 8. The molecule has 9 aromatic rings. The minimum atomic E-state index is 0.514. The average molecular weight is 775 g/mol. The summed E-state index contributed by atoms with van der Waals surface area (Å²) in [4.78, 5) is 29.0. The fraction of sp³-hybridized carbons (Fsp3) is 0.0385. The molecule has 0 saturated carbocycles. The Kier molecular flexibility index (Phi) is 8.78. The van der Waals surface area contributed by atoms with Gasteiger partial charge in [-0.2, -0.15) is 0 Å². The Balaban J connectivity index is 1.01. The zero-order valence-corrected chi connectivity index (χ0v) is 32.6. The summed E-state index contributed by atoms with van der Waals surface area (Å²) in [5, 5.41) is 0. The van der Waals surface area contributed by atoms with Gasteiger partial charge in [-0.1, -0.05) is 164 Å². The molecule has 2 aliphatic heterocycles. The van der Waals surface area contributed by atoms with Gasteiger partial charge in [-0.15, -0.1) is 0 Å². The molecule has 0 radical (unpaired) electrons. The van der Waals surface area contributed by atoms with E-state index in [1.54, 1.807) is 24.8 Å². The molecule has 11 rings (SSSR count). The van der Waals surface area contributed by atoms with Gasteiger partial charge in [0.15, 0.2) is 23.3 Å². The van der Waals surface area contributed by atoms with Crippen LogP contribution >= 0.6 is 0 Å². The third-order valence-electron chi connectivity index (χ3n) is 11.3. The van der Waals surface area contributed by atoms with Gasteiger partial charge < -0.3 is 19.6 Å². The Bertz CT molecular complexity index is 2650. The van der Waals surface area contributed by atoms with Gasteiger partial charge in [0.05, 0.1) is 11.4 Å². The van der Waals surface area contributed by atoms with E-state index in [9.17, 15) is 0 Å². The lowest BCUT2D eigenvalue weighted by molar-refractivity contribution is 0.965. The van der Waals surface area contributed by atoms with E-state index in [1.165, 1.54) is 0 Å². The molecule has 7 aromatic carbocycles. The summed E-state index contributed by atoms with van der Waals surface area (Å²) in [6.45, 7) is 1.03. The second-order valence-corrected chi connectivity index (χ2v) is 14.8. The molecule has 0 amide bonds. The molecular formula is C52H38N8. The molecular weight excluding hydrogens is 737 g/mol. The molecule has 0 aliphatic carbocycles. The Hall–Kier alpha value is -8.10. The first-order valence-corrected chi connectivity index (χ1v) is 20.1. The van der Waals surface area contributed by atoms with E-state index < -0.39 is 0 Å². The second-order valence-electron chi connectivity index (χ2n) is 14.8. The standard InChI is InChI=1S/C52H38N8/c1-5-16-37(17-6-1)43-26-14-27-44(38-18-7-2-8-19-38)47(43)59-35-57(49-51(59)55-32-30-53-49)41-24-13-25-42(34-41)58-36-60(52-50(58)54-31-33-56-52)48-45(39-20-9-3-10-21-39)28-15-29-46(48)40-22-11-4-12-23-40/h1-34H,35-36H2. The first-order chi connectivity index (χ1) is 29.8. The van der Waals surface area contributed by atoms with Crippen LogP contribution in [0.1, 0.15) is 0 Å². The first-order valence-electron chi connectivity index (χ1n) is 20.1. The zero-order chi connectivity index (χ0) is 39.8. The number of anilines is 8. The fourth-order valence-corrected chi connectivity index (χ4v) is 8.62. The number of fused-ring (bicyclic) bond motifs is 2. The normalized spacial score (nSPS) is 13.1. The number of benzene rings is 7. The number of nitrogens with zero attached hydrogens (tertiary/aromatic N) is 8. The summed E-state index contributed by atoms with van der Waals surface area (Å²) >= 11 is 0. The number of hydrogen-bond acceptors (Lipinski definition) is 8.